The van der Waals surface area contributed by atoms with E-state index in [0.717, 1.165) is 18.4 Å². The fraction of sp³-hybridized carbons (Fsp3) is 0.538. The molecule has 1 N–H and O–H groups in total. The van der Waals surface area contributed by atoms with Gasteiger partial charge in [-0.1, -0.05) is 0 Å². The maximum absolute atomic E-state index is 12.2. The predicted molar refractivity (Wildman–Crippen MR) is 66.3 cm³/mol. The Morgan fingerprint density at radius 3 is 2.71 bits per heavy atom. The van der Waals surface area contributed by atoms with E-state index in [1.807, 2.05) is 31.0 Å². The van der Waals surface area contributed by atoms with Crippen LogP contribution in [0.3, 0.4) is 0 Å². The molecule has 0 saturated heterocycles. The van der Waals surface area contributed by atoms with Crippen molar-refractivity contribution in [1.29, 1.82) is 0 Å². The minimum atomic E-state index is -0.113. The number of hydrogen-bond donors (Lipinski definition) is 1. The lowest BCUT2D eigenvalue weighted by molar-refractivity contribution is -0.134. The van der Waals surface area contributed by atoms with Gasteiger partial charge in [0.2, 0.25) is 5.91 Å². The molecule has 17 heavy (non-hydrogen) atoms. The first-order valence-electron chi connectivity index (χ1n) is 6.09. The van der Waals surface area contributed by atoms with Gasteiger partial charge in [0, 0.05) is 25.0 Å². The zero-order valence-corrected chi connectivity index (χ0v) is 10.4. The Kier molecular flexibility index (Phi) is 3.74. The Labute approximate surface area is 102 Å². The third kappa shape index (κ3) is 3.03. The van der Waals surface area contributed by atoms with E-state index in [4.69, 9.17) is 0 Å². The molecule has 4 nitrogen and oxygen atoms in total. The number of amides is 1. The smallest absolute Gasteiger partial charge is 0.239 e. The molecular formula is C13H19N3O. The summed E-state index contributed by atoms with van der Waals surface area (Å²) in [6, 6.07) is 4.25. The van der Waals surface area contributed by atoms with Gasteiger partial charge in [0.15, 0.2) is 0 Å². The van der Waals surface area contributed by atoms with Crippen LogP contribution in [-0.4, -0.2) is 34.9 Å². The van der Waals surface area contributed by atoms with Gasteiger partial charge in [-0.15, -0.1) is 0 Å². The van der Waals surface area contributed by atoms with Gasteiger partial charge in [0.25, 0.3) is 0 Å². The van der Waals surface area contributed by atoms with Crippen LogP contribution in [0, 0.1) is 0 Å². The van der Waals surface area contributed by atoms with Gasteiger partial charge in [-0.2, -0.15) is 0 Å². The molecule has 4 heteroatoms. The third-order valence-electron chi connectivity index (χ3n) is 3.18. The van der Waals surface area contributed by atoms with E-state index in [-0.39, 0.29) is 11.9 Å². The second-order valence-corrected chi connectivity index (χ2v) is 4.56. The second kappa shape index (κ2) is 5.27. The molecule has 0 bridgehead atoms. The molecule has 1 aliphatic rings. The SMILES string of the molecule is CNC(C)C(=O)N(Cc1ccncc1)C1CC1. The van der Waals surface area contributed by atoms with Gasteiger partial charge in [0.05, 0.1) is 6.04 Å². The first kappa shape index (κ1) is 12.0. The summed E-state index contributed by atoms with van der Waals surface area (Å²) in [4.78, 5) is 18.2. The molecule has 0 spiro atoms. The minimum absolute atomic E-state index is 0.113. The molecule has 1 saturated carbocycles. The summed E-state index contributed by atoms with van der Waals surface area (Å²) in [6.45, 7) is 2.60. The number of carbonyl (C=O) groups is 1. The average Bonchev–Trinajstić information content (AvgIpc) is 3.19. The van der Waals surface area contributed by atoms with Crippen LogP contribution in [0.4, 0.5) is 0 Å². The number of carbonyl (C=O) groups excluding carboxylic acids is 1. The van der Waals surface area contributed by atoms with Crippen LogP contribution in [-0.2, 0) is 11.3 Å². The number of hydrogen-bond acceptors (Lipinski definition) is 3. The Morgan fingerprint density at radius 1 is 1.53 bits per heavy atom. The molecule has 0 aromatic carbocycles. The van der Waals surface area contributed by atoms with Crippen molar-refractivity contribution in [2.45, 2.75) is 38.4 Å². The fourth-order valence-corrected chi connectivity index (χ4v) is 1.83. The van der Waals surface area contributed by atoms with E-state index in [0.29, 0.717) is 12.6 Å². The molecule has 0 aliphatic heterocycles. The summed E-state index contributed by atoms with van der Waals surface area (Å²) >= 11 is 0. The Morgan fingerprint density at radius 2 is 2.18 bits per heavy atom. The third-order valence-corrected chi connectivity index (χ3v) is 3.18. The summed E-state index contributed by atoms with van der Waals surface area (Å²) in [5.74, 6) is 0.187. The van der Waals surface area contributed by atoms with Crippen LogP contribution in [0.15, 0.2) is 24.5 Å². The molecule has 1 amide bonds. The summed E-state index contributed by atoms with van der Waals surface area (Å²) in [5.41, 5.74) is 1.14. The van der Waals surface area contributed by atoms with E-state index in [9.17, 15) is 4.79 Å². The van der Waals surface area contributed by atoms with Crippen molar-refractivity contribution in [2.24, 2.45) is 0 Å². The number of rotatable bonds is 5. The van der Waals surface area contributed by atoms with E-state index < -0.39 is 0 Å². The van der Waals surface area contributed by atoms with E-state index in [1.165, 1.54) is 0 Å². The molecule has 1 atom stereocenters. The first-order valence-corrected chi connectivity index (χ1v) is 6.09. The van der Waals surface area contributed by atoms with Crippen molar-refractivity contribution < 1.29 is 4.79 Å². The highest BCUT2D eigenvalue weighted by molar-refractivity contribution is 5.82. The van der Waals surface area contributed by atoms with E-state index >= 15 is 0 Å². The highest BCUT2D eigenvalue weighted by atomic mass is 16.2. The summed E-state index contributed by atoms with van der Waals surface area (Å²) in [6.07, 6.45) is 5.80. The minimum Gasteiger partial charge on any atom is -0.334 e. The normalized spacial score (nSPS) is 16.6. The van der Waals surface area contributed by atoms with Gasteiger partial charge < -0.3 is 10.2 Å². The van der Waals surface area contributed by atoms with E-state index in [1.54, 1.807) is 12.4 Å². The zero-order valence-electron chi connectivity index (χ0n) is 10.4. The van der Waals surface area contributed by atoms with Gasteiger partial charge in [-0.25, -0.2) is 0 Å². The summed E-state index contributed by atoms with van der Waals surface area (Å²) in [7, 11) is 1.82. The van der Waals surface area contributed by atoms with Crippen molar-refractivity contribution in [2.75, 3.05) is 7.05 Å². The lowest BCUT2D eigenvalue weighted by Crippen LogP contribution is -2.44. The van der Waals surface area contributed by atoms with Crippen molar-refractivity contribution in [3.8, 4) is 0 Å². The number of nitrogens with zero attached hydrogens (tertiary/aromatic N) is 2. The second-order valence-electron chi connectivity index (χ2n) is 4.56. The number of nitrogens with one attached hydrogen (secondary N) is 1. The lowest BCUT2D eigenvalue weighted by Gasteiger charge is -2.25. The van der Waals surface area contributed by atoms with Gasteiger partial charge >= 0.3 is 0 Å². The van der Waals surface area contributed by atoms with Crippen molar-refractivity contribution in [1.82, 2.24) is 15.2 Å². The van der Waals surface area contributed by atoms with Crippen LogP contribution in [0.25, 0.3) is 0 Å². The molecule has 92 valence electrons. The maximum atomic E-state index is 12.2. The zero-order chi connectivity index (χ0) is 12.3. The van der Waals surface area contributed by atoms with Crippen LogP contribution < -0.4 is 5.32 Å². The molecule has 2 rings (SSSR count). The average molecular weight is 233 g/mol. The molecule has 1 unspecified atom stereocenters. The summed E-state index contributed by atoms with van der Waals surface area (Å²) in [5, 5.41) is 3.01. The molecule has 0 radical (unpaired) electrons. The Hall–Kier alpha value is -1.42. The van der Waals surface area contributed by atoms with Crippen LogP contribution in [0.2, 0.25) is 0 Å². The molecule has 1 heterocycles. The number of aromatic nitrogens is 1. The predicted octanol–water partition coefficient (Wildman–Crippen LogP) is 1.18. The molecule has 1 fully saturated rings. The highest BCUT2D eigenvalue weighted by Crippen LogP contribution is 2.28. The first-order chi connectivity index (χ1) is 8.22. The molecule has 1 aromatic rings. The largest absolute Gasteiger partial charge is 0.334 e. The van der Waals surface area contributed by atoms with Gasteiger partial charge in [-0.3, -0.25) is 9.78 Å². The molecule has 1 aromatic heterocycles. The number of likely N-dealkylation sites (N-methyl/N-ethyl adjacent to an activating group) is 1. The Balaban J connectivity index is 2.05. The lowest BCUT2D eigenvalue weighted by atomic mass is 10.2. The van der Waals surface area contributed by atoms with Crippen molar-refractivity contribution >= 4 is 5.91 Å². The van der Waals surface area contributed by atoms with Crippen LogP contribution in [0.5, 0.6) is 0 Å². The van der Waals surface area contributed by atoms with Crippen molar-refractivity contribution in [3.05, 3.63) is 30.1 Å². The maximum Gasteiger partial charge on any atom is 0.239 e. The van der Waals surface area contributed by atoms with Gasteiger partial charge in [-0.05, 0) is 44.5 Å². The fourth-order valence-electron chi connectivity index (χ4n) is 1.83. The van der Waals surface area contributed by atoms with Crippen LogP contribution in [0.1, 0.15) is 25.3 Å². The van der Waals surface area contributed by atoms with Gasteiger partial charge in [0.1, 0.15) is 0 Å². The van der Waals surface area contributed by atoms with Crippen molar-refractivity contribution in [3.63, 3.8) is 0 Å². The number of pyridine rings is 1. The van der Waals surface area contributed by atoms with E-state index in [2.05, 4.69) is 10.3 Å². The molecular weight excluding hydrogens is 214 g/mol. The topological polar surface area (TPSA) is 45.2 Å². The Bertz CT molecular complexity index is 376. The monoisotopic (exact) mass is 233 g/mol. The standard InChI is InChI=1S/C13H19N3O/c1-10(14-2)13(17)16(12-3-4-12)9-11-5-7-15-8-6-11/h5-8,10,12,14H,3-4,9H2,1-2H3. The highest BCUT2D eigenvalue weighted by Gasteiger charge is 2.34. The quantitative estimate of drug-likeness (QED) is 0.830. The van der Waals surface area contributed by atoms with Crippen LogP contribution >= 0.6 is 0 Å². The summed E-state index contributed by atoms with van der Waals surface area (Å²) < 4.78 is 0. The molecule has 1 aliphatic carbocycles.